The van der Waals surface area contributed by atoms with Gasteiger partial charge in [0.05, 0.1) is 10.6 Å². The molecule has 2 aromatic rings. The number of aromatic nitrogens is 1. The van der Waals surface area contributed by atoms with E-state index in [0.29, 0.717) is 17.4 Å². The van der Waals surface area contributed by atoms with Gasteiger partial charge < -0.3 is 15.1 Å². The van der Waals surface area contributed by atoms with Gasteiger partial charge in [-0.25, -0.2) is 13.1 Å². The molecule has 1 aromatic heterocycles. The highest BCUT2D eigenvalue weighted by atomic mass is 32.2. The van der Waals surface area contributed by atoms with Gasteiger partial charge >= 0.3 is 6.01 Å². The topological polar surface area (TPSA) is 119 Å². The van der Waals surface area contributed by atoms with Gasteiger partial charge in [0.15, 0.2) is 0 Å². The molecule has 1 saturated heterocycles. The van der Waals surface area contributed by atoms with Crippen LogP contribution in [0.25, 0.3) is 0 Å². The number of anilines is 2. The molecule has 2 aliphatic rings. The fraction of sp³-hybridized carbons (Fsp3) is 0.545. The molecule has 9 heteroatoms. The monoisotopic (exact) mass is 446 g/mol. The van der Waals surface area contributed by atoms with Crippen LogP contribution in [0, 0.1) is 25.7 Å². The molecule has 8 nitrogen and oxygen atoms in total. The van der Waals surface area contributed by atoms with Gasteiger partial charge in [-0.3, -0.25) is 4.79 Å². The molecule has 0 spiro atoms. The molecule has 4 rings (SSSR count). The molecule has 1 aliphatic carbocycles. The average molecular weight is 447 g/mol. The molecule has 1 amide bonds. The quantitative estimate of drug-likeness (QED) is 0.702. The lowest BCUT2D eigenvalue weighted by atomic mass is 9.76. The number of sulfonamides is 1. The van der Waals surface area contributed by atoms with Crippen molar-refractivity contribution in [2.24, 2.45) is 17.6 Å². The number of hydrogen-bond donors (Lipinski definition) is 2. The maximum atomic E-state index is 12.7. The van der Waals surface area contributed by atoms with Crippen molar-refractivity contribution < 1.29 is 17.6 Å². The summed E-state index contributed by atoms with van der Waals surface area (Å²) in [6.45, 7) is 4.21. The fourth-order valence-electron chi connectivity index (χ4n) is 5.03. The first-order chi connectivity index (χ1) is 14.8. The van der Waals surface area contributed by atoms with Crippen molar-refractivity contribution >= 4 is 27.6 Å². The van der Waals surface area contributed by atoms with Gasteiger partial charge in [0, 0.05) is 12.2 Å². The summed E-state index contributed by atoms with van der Waals surface area (Å²) in [5.41, 5.74) is 7.26. The first kappa shape index (κ1) is 21.7. The Labute approximate surface area is 183 Å². The van der Waals surface area contributed by atoms with E-state index < -0.39 is 10.0 Å². The van der Waals surface area contributed by atoms with Crippen LogP contribution < -0.4 is 15.4 Å². The van der Waals surface area contributed by atoms with Gasteiger partial charge in [0.2, 0.25) is 5.91 Å². The standard InChI is InChI=1S/C22H30N4O4S/c1-14-15(2)30-22(24-14)25-31(28,29)18-10-8-17(9-11-18)26-13-12-19(20(26)21(23)27)16-6-4-3-5-7-16/h8-11,16,19-20H,3-7,12-13H2,1-2H3,(H2,23,27)(H,24,25)/t19-,20-/m0/s1. The maximum absolute atomic E-state index is 12.7. The lowest BCUT2D eigenvalue weighted by molar-refractivity contribution is -0.120. The van der Waals surface area contributed by atoms with Crippen molar-refractivity contribution in [1.82, 2.24) is 4.98 Å². The van der Waals surface area contributed by atoms with Crippen LogP contribution in [0.3, 0.4) is 0 Å². The van der Waals surface area contributed by atoms with Gasteiger partial charge in [-0.05, 0) is 56.4 Å². The average Bonchev–Trinajstić information content (AvgIpc) is 3.32. The third-order valence-electron chi connectivity index (χ3n) is 6.72. The van der Waals surface area contributed by atoms with Gasteiger partial charge in [-0.1, -0.05) is 32.1 Å². The Kier molecular flexibility index (Phi) is 5.96. The van der Waals surface area contributed by atoms with E-state index in [1.165, 1.54) is 31.4 Å². The van der Waals surface area contributed by atoms with Crippen LogP contribution in [-0.4, -0.2) is 31.9 Å². The number of oxazole rings is 1. The number of nitrogens with one attached hydrogen (secondary N) is 1. The van der Waals surface area contributed by atoms with Crippen molar-refractivity contribution in [2.75, 3.05) is 16.2 Å². The summed E-state index contributed by atoms with van der Waals surface area (Å²) in [7, 11) is -3.83. The van der Waals surface area contributed by atoms with Crippen LogP contribution in [0.2, 0.25) is 0 Å². The molecular formula is C22H30N4O4S. The number of carbonyl (C=O) groups is 1. The number of aryl methyl sites for hydroxylation is 2. The van der Waals surface area contributed by atoms with Crippen molar-refractivity contribution in [2.45, 2.75) is 63.3 Å². The van der Waals surface area contributed by atoms with Gasteiger partial charge in [0.25, 0.3) is 10.0 Å². The third-order valence-corrected chi connectivity index (χ3v) is 8.06. The van der Waals surface area contributed by atoms with Crippen LogP contribution in [0.5, 0.6) is 0 Å². The zero-order valence-corrected chi connectivity index (χ0v) is 18.8. The number of nitrogens with two attached hydrogens (primary N) is 1. The Morgan fingerprint density at radius 1 is 1.13 bits per heavy atom. The van der Waals surface area contributed by atoms with E-state index in [0.717, 1.165) is 31.5 Å². The molecule has 1 saturated carbocycles. The fourth-order valence-corrected chi connectivity index (χ4v) is 5.96. The highest BCUT2D eigenvalue weighted by Crippen LogP contribution is 2.40. The van der Waals surface area contributed by atoms with Gasteiger partial charge in [-0.15, -0.1) is 0 Å². The Balaban J connectivity index is 1.52. The number of rotatable bonds is 6. The number of benzene rings is 1. The zero-order valence-electron chi connectivity index (χ0n) is 18.0. The van der Waals surface area contributed by atoms with E-state index in [2.05, 4.69) is 9.71 Å². The number of hydrogen-bond acceptors (Lipinski definition) is 6. The number of carbonyl (C=O) groups excluding carboxylic acids is 1. The van der Waals surface area contributed by atoms with E-state index in [4.69, 9.17) is 10.2 Å². The molecule has 2 atom stereocenters. The SMILES string of the molecule is Cc1nc(NS(=O)(=O)c2ccc(N3CC[C@@H](C4CCCCC4)[C@H]3C(N)=O)cc2)oc1C. The smallest absolute Gasteiger partial charge is 0.309 e. The summed E-state index contributed by atoms with van der Waals surface area (Å²) >= 11 is 0. The highest BCUT2D eigenvalue weighted by Gasteiger charge is 2.42. The van der Waals surface area contributed by atoms with Crippen LogP contribution in [0.1, 0.15) is 50.0 Å². The normalized spacial score (nSPS) is 22.6. The second kappa shape index (κ2) is 8.53. The number of amides is 1. The van der Waals surface area contributed by atoms with Crippen LogP contribution in [-0.2, 0) is 14.8 Å². The molecule has 0 bridgehead atoms. The van der Waals surface area contributed by atoms with E-state index in [1.807, 2.05) is 4.90 Å². The molecule has 2 fully saturated rings. The van der Waals surface area contributed by atoms with Gasteiger partial charge in [0.1, 0.15) is 11.8 Å². The van der Waals surface area contributed by atoms with Crippen molar-refractivity contribution in [3.05, 3.63) is 35.7 Å². The van der Waals surface area contributed by atoms with Crippen molar-refractivity contribution in [3.63, 3.8) is 0 Å². The molecule has 2 heterocycles. The predicted octanol–water partition coefficient (Wildman–Crippen LogP) is 3.35. The summed E-state index contributed by atoms with van der Waals surface area (Å²) in [6.07, 6.45) is 6.95. The Morgan fingerprint density at radius 2 is 1.81 bits per heavy atom. The molecule has 1 aliphatic heterocycles. The Hall–Kier alpha value is -2.55. The Bertz CT molecular complexity index is 1020. The second-order valence-electron chi connectivity index (χ2n) is 8.65. The molecule has 3 N–H and O–H groups in total. The van der Waals surface area contributed by atoms with Gasteiger partial charge in [-0.2, -0.15) is 4.98 Å². The summed E-state index contributed by atoms with van der Waals surface area (Å²) in [5.74, 6) is 1.06. The minimum Gasteiger partial charge on any atom is -0.428 e. The van der Waals surface area contributed by atoms with Crippen LogP contribution in [0.4, 0.5) is 11.7 Å². The van der Waals surface area contributed by atoms with E-state index in [9.17, 15) is 13.2 Å². The van der Waals surface area contributed by atoms with E-state index in [-0.39, 0.29) is 28.8 Å². The summed E-state index contributed by atoms with van der Waals surface area (Å²) in [4.78, 5) is 18.6. The first-order valence-corrected chi connectivity index (χ1v) is 12.4. The van der Waals surface area contributed by atoms with Crippen molar-refractivity contribution in [3.8, 4) is 0 Å². The molecule has 0 unspecified atom stereocenters. The highest BCUT2D eigenvalue weighted by molar-refractivity contribution is 7.92. The molecular weight excluding hydrogens is 416 g/mol. The number of primary amides is 1. The zero-order chi connectivity index (χ0) is 22.2. The van der Waals surface area contributed by atoms with E-state index in [1.54, 1.807) is 26.0 Å². The lowest BCUT2D eigenvalue weighted by Crippen LogP contribution is -2.46. The van der Waals surface area contributed by atoms with E-state index >= 15 is 0 Å². The summed E-state index contributed by atoms with van der Waals surface area (Å²) in [5, 5.41) is 0. The minimum atomic E-state index is -3.83. The first-order valence-electron chi connectivity index (χ1n) is 10.9. The van der Waals surface area contributed by atoms with Crippen LogP contribution in [0.15, 0.2) is 33.6 Å². The van der Waals surface area contributed by atoms with Crippen molar-refractivity contribution in [1.29, 1.82) is 0 Å². The van der Waals surface area contributed by atoms with Crippen LogP contribution >= 0.6 is 0 Å². The Morgan fingerprint density at radius 3 is 2.39 bits per heavy atom. The molecule has 31 heavy (non-hydrogen) atoms. The molecule has 168 valence electrons. The lowest BCUT2D eigenvalue weighted by Gasteiger charge is -2.33. The summed E-state index contributed by atoms with van der Waals surface area (Å²) in [6, 6.07) is 6.14. The predicted molar refractivity (Wildman–Crippen MR) is 118 cm³/mol. The molecule has 0 radical (unpaired) electrons. The maximum Gasteiger partial charge on any atom is 0.309 e. The molecule has 1 aromatic carbocycles. The largest absolute Gasteiger partial charge is 0.428 e. The summed E-state index contributed by atoms with van der Waals surface area (Å²) < 4.78 is 33.1. The number of nitrogens with zero attached hydrogens (tertiary/aromatic N) is 2. The third kappa shape index (κ3) is 4.42. The minimum absolute atomic E-state index is 0.0530. The second-order valence-corrected chi connectivity index (χ2v) is 10.3.